The van der Waals surface area contributed by atoms with Gasteiger partial charge in [-0.2, -0.15) is 0 Å². The molecule has 0 atom stereocenters. The van der Waals surface area contributed by atoms with Crippen LogP contribution in [0.2, 0.25) is 0 Å². The zero-order valence-corrected chi connectivity index (χ0v) is 35.0. The highest BCUT2D eigenvalue weighted by Crippen LogP contribution is 2.57. The lowest BCUT2D eigenvalue weighted by Gasteiger charge is -2.34. The Bertz CT molecular complexity index is 3650. The van der Waals surface area contributed by atoms with E-state index < -0.39 is 11.5 Å². The van der Waals surface area contributed by atoms with Crippen LogP contribution in [0.3, 0.4) is 0 Å². The fourth-order valence-electron chi connectivity index (χ4n) is 9.96. The summed E-state index contributed by atoms with van der Waals surface area (Å²) in [4.78, 5) is 2.32. The van der Waals surface area contributed by atoms with Gasteiger partial charge in [-0.3, -0.25) is 0 Å². The lowest BCUT2D eigenvalue weighted by atomic mass is 9.68. The van der Waals surface area contributed by atoms with Crippen LogP contribution in [-0.4, -0.2) is 0 Å². The maximum absolute atomic E-state index is 8.80. The van der Waals surface area contributed by atoms with Crippen LogP contribution < -0.4 is 4.90 Å². The minimum Gasteiger partial charge on any atom is -0.310 e. The van der Waals surface area contributed by atoms with Crippen molar-refractivity contribution in [1.82, 2.24) is 0 Å². The van der Waals surface area contributed by atoms with Gasteiger partial charge in [0, 0.05) is 37.1 Å². The summed E-state index contributed by atoms with van der Waals surface area (Å²) in [5.41, 5.74) is 14.7. The highest BCUT2D eigenvalue weighted by molar-refractivity contribution is 7.26. The normalized spacial score (nSPS) is 13.7. The van der Waals surface area contributed by atoms with E-state index in [-0.39, 0.29) is 29.7 Å². The number of fused-ring (bicyclic) bond motifs is 6. The first-order chi connectivity index (χ1) is 33.3. The molecule has 296 valence electrons. The Hall–Kier alpha value is -7.78. The van der Waals surface area contributed by atoms with Crippen molar-refractivity contribution in [2.75, 3.05) is 4.90 Å². The van der Waals surface area contributed by atoms with E-state index in [1.807, 2.05) is 24.3 Å². The van der Waals surface area contributed by atoms with Gasteiger partial charge in [-0.25, -0.2) is 0 Å². The van der Waals surface area contributed by atoms with Crippen LogP contribution in [0.15, 0.2) is 249 Å². The lowest BCUT2D eigenvalue weighted by Crippen LogP contribution is -2.28. The number of anilines is 3. The maximum Gasteiger partial charge on any atom is 0.0713 e. The molecule has 0 aliphatic heterocycles. The highest BCUT2D eigenvalue weighted by Gasteiger charge is 2.45. The zero-order valence-electron chi connectivity index (χ0n) is 39.1. The molecule has 10 aromatic carbocycles. The first kappa shape index (κ1) is 32.0. The van der Waals surface area contributed by atoms with E-state index in [9.17, 15) is 0 Å². The van der Waals surface area contributed by atoms with E-state index in [1.54, 1.807) is 11.3 Å². The molecule has 0 saturated carbocycles. The van der Waals surface area contributed by atoms with Crippen LogP contribution >= 0.6 is 11.3 Å². The van der Waals surface area contributed by atoms with Gasteiger partial charge in [0.05, 0.1) is 18.0 Å². The molecule has 63 heavy (non-hydrogen) atoms. The average Bonchev–Trinajstić information content (AvgIpc) is 3.94. The van der Waals surface area contributed by atoms with E-state index in [0.717, 1.165) is 50.1 Å². The number of rotatable bonds is 8. The van der Waals surface area contributed by atoms with Gasteiger partial charge in [-0.15, -0.1) is 11.3 Å². The Morgan fingerprint density at radius 2 is 0.937 bits per heavy atom. The van der Waals surface area contributed by atoms with Crippen molar-refractivity contribution in [3.8, 4) is 44.5 Å². The number of nitrogens with zero attached hydrogens (tertiary/aromatic N) is 1. The monoisotopic (exact) mass is 824 g/mol. The van der Waals surface area contributed by atoms with E-state index in [1.165, 1.54) is 42.8 Å². The lowest BCUT2D eigenvalue weighted by molar-refractivity contribution is 0.768. The third-order valence-corrected chi connectivity index (χ3v) is 13.8. The Kier molecular flexibility index (Phi) is 7.77. The largest absolute Gasteiger partial charge is 0.310 e. The van der Waals surface area contributed by atoms with E-state index >= 15 is 0 Å². The summed E-state index contributed by atoms with van der Waals surface area (Å²) >= 11 is 1.80. The summed E-state index contributed by atoms with van der Waals surface area (Å²) < 4.78 is 45.1. The Balaban J connectivity index is 1.14. The van der Waals surface area contributed by atoms with Gasteiger partial charge in [-0.1, -0.05) is 212 Å². The second kappa shape index (κ2) is 15.3. The van der Waals surface area contributed by atoms with Crippen LogP contribution in [-0.2, 0) is 5.41 Å². The van der Waals surface area contributed by atoms with E-state index in [0.29, 0.717) is 5.56 Å². The number of benzene rings is 10. The van der Waals surface area contributed by atoms with Crippen molar-refractivity contribution in [3.05, 3.63) is 271 Å². The van der Waals surface area contributed by atoms with Gasteiger partial charge in [0.15, 0.2) is 0 Å². The van der Waals surface area contributed by atoms with E-state index in [4.69, 9.17) is 6.85 Å². The molecule has 1 heterocycles. The number of hydrogen-bond acceptors (Lipinski definition) is 2. The Morgan fingerprint density at radius 1 is 0.413 bits per heavy atom. The molecule has 0 bridgehead atoms. The molecule has 0 unspecified atom stereocenters. The molecule has 0 N–H and O–H groups in total. The molecule has 1 aliphatic carbocycles. The first-order valence-corrected chi connectivity index (χ1v) is 22.1. The molecule has 0 radical (unpaired) electrons. The van der Waals surface area contributed by atoms with Gasteiger partial charge in [0.25, 0.3) is 0 Å². The van der Waals surface area contributed by atoms with Crippen molar-refractivity contribution < 1.29 is 6.85 Å². The van der Waals surface area contributed by atoms with Gasteiger partial charge in [0.1, 0.15) is 0 Å². The van der Waals surface area contributed by atoms with Crippen molar-refractivity contribution in [3.63, 3.8) is 0 Å². The second-order valence-corrected chi connectivity index (χ2v) is 17.0. The molecule has 1 aliphatic rings. The maximum atomic E-state index is 8.80. The molecular weight excluding hydrogens is 779 g/mol. The average molecular weight is 825 g/mol. The molecule has 11 aromatic rings. The van der Waals surface area contributed by atoms with Gasteiger partial charge < -0.3 is 4.90 Å². The van der Waals surface area contributed by atoms with Crippen molar-refractivity contribution in [2.24, 2.45) is 0 Å². The fraction of sp³-hybridized carbons (Fsp3) is 0.0164. The van der Waals surface area contributed by atoms with Crippen molar-refractivity contribution >= 4 is 48.6 Å². The van der Waals surface area contributed by atoms with Crippen molar-refractivity contribution in [1.29, 1.82) is 0 Å². The molecule has 2 heteroatoms. The summed E-state index contributed by atoms with van der Waals surface area (Å²) in [5.74, 6) is 0. The molecule has 1 nitrogen and oxygen atoms in total. The predicted octanol–water partition coefficient (Wildman–Crippen LogP) is 16.9. The summed E-state index contributed by atoms with van der Waals surface area (Å²) in [6.45, 7) is 0. The summed E-state index contributed by atoms with van der Waals surface area (Å²) in [6.07, 6.45) is 0. The summed E-state index contributed by atoms with van der Waals surface area (Å²) in [7, 11) is 0. The summed E-state index contributed by atoms with van der Waals surface area (Å²) in [5, 5.41) is 2.28. The van der Waals surface area contributed by atoms with Crippen LogP contribution in [0, 0.1) is 0 Å². The number of hydrogen-bond donors (Lipinski definition) is 0. The summed E-state index contributed by atoms with van der Waals surface area (Å²) in [6, 6.07) is 75.9. The zero-order chi connectivity index (χ0) is 46.1. The Morgan fingerprint density at radius 3 is 1.59 bits per heavy atom. The molecule has 0 saturated heterocycles. The topological polar surface area (TPSA) is 3.24 Å². The first-order valence-electron chi connectivity index (χ1n) is 23.8. The molecule has 0 spiro atoms. The number of thiophene rings is 1. The molecule has 0 amide bonds. The minimum atomic E-state index is -0.571. The highest BCUT2D eigenvalue weighted by atomic mass is 32.1. The van der Waals surface area contributed by atoms with Gasteiger partial charge in [0.2, 0.25) is 0 Å². The third-order valence-electron chi connectivity index (χ3n) is 12.6. The van der Waals surface area contributed by atoms with Crippen LogP contribution in [0.1, 0.15) is 29.1 Å². The standard InChI is InChI=1S/C61H41NS/c1-5-19-42(20-6-1)43-33-37-48(38-34-43)62(49-39-35-47(36-40-49)61(46-25-11-4-12-26-46)54-30-16-13-27-50(54)51-28-14-17-31-55(51)61)56-41-53(44-21-7-2-8-22-44)58(45-23-9-3-10-24-45)60-59(56)52-29-15-18-32-57(52)63-60/h1-41H/i1D,5D,6D,19D,20D. The Labute approximate surface area is 379 Å². The molecule has 1 aromatic heterocycles. The van der Waals surface area contributed by atoms with Crippen LogP contribution in [0.5, 0.6) is 0 Å². The SMILES string of the molecule is [2H]c1c([2H])c([2H])c(-c2ccc(N(c3ccc(C4(c5ccccc5)c5ccccc5-c5ccccc54)cc3)c3cc(-c4ccccc4)c(-c4ccccc4)c4sc5ccccc5c34)cc2)c([2H])c1[2H]. The van der Waals surface area contributed by atoms with Crippen molar-refractivity contribution in [2.45, 2.75) is 5.41 Å². The quantitative estimate of drug-likeness (QED) is 0.148. The van der Waals surface area contributed by atoms with Crippen LogP contribution in [0.4, 0.5) is 17.1 Å². The van der Waals surface area contributed by atoms with Crippen LogP contribution in [0.25, 0.3) is 64.7 Å². The van der Waals surface area contributed by atoms with Gasteiger partial charge in [-0.05, 0) is 97.6 Å². The fourth-order valence-corrected chi connectivity index (χ4v) is 11.3. The third kappa shape index (κ3) is 5.98. The second-order valence-electron chi connectivity index (χ2n) is 16.0. The predicted molar refractivity (Wildman–Crippen MR) is 268 cm³/mol. The molecule has 0 fully saturated rings. The minimum absolute atomic E-state index is 0.173. The molecule has 12 rings (SSSR count). The van der Waals surface area contributed by atoms with Gasteiger partial charge >= 0.3 is 0 Å². The molecular formula is C61H41NS. The van der Waals surface area contributed by atoms with E-state index in [2.05, 4.69) is 199 Å². The smallest absolute Gasteiger partial charge is 0.0713 e.